The monoisotopic (exact) mass is 376 g/mol. The molecule has 8 heteroatoms. The Morgan fingerprint density at radius 3 is 2.85 bits per heavy atom. The average molecular weight is 376 g/mol. The number of carbonyl (C=O) groups is 2. The molecule has 7 nitrogen and oxygen atoms in total. The van der Waals surface area contributed by atoms with Crippen molar-refractivity contribution in [2.45, 2.75) is 32.4 Å². The molecule has 0 aliphatic carbocycles. The van der Waals surface area contributed by atoms with E-state index >= 15 is 0 Å². The number of hydrogen-bond donors (Lipinski definition) is 1. The molecule has 26 heavy (non-hydrogen) atoms. The highest BCUT2D eigenvalue weighted by molar-refractivity contribution is 7.09. The van der Waals surface area contributed by atoms with E-state index in [4.69, 9.17) is 9.47 Å². The van der Waals surface area contributed by atoms with Crippen LogP contribution < -0.4 is 9.47 Å². The Morgan fingerprint density at radius 1 is 1.38 bits per heavy atom. The number of ether oxygens (including phenoxy) is 2. The molecule has 1 amide bonds. The minimum absolute atomic E-state index is 0.307. The van der Waals surface area contributed by atoms with Gasteiger partial charge in [-0.15, -0.1) is 11.3 Å². The van der Waals surface area contributed by atoms with Crippen molar-refractivity contribution in [3.63, 3.8) is 0 Å². The maximum Gasteiger partial charge on any atom is 0.326 e. The second-order valence-electron chi connectivity index (χ2n) is 6.01. The van der Waals surface area contributed by atoms with Crippen LogP contribution in [0.5, 0.6) is 11.5 Å². The number of nitrogens with zero attached hydrogens (tertiary/aromatic N) is 2. The molecule has 1 aliphatic rings. The van der Waals surface area contributed by atoms with Gasteiger partial charge in [0.05, 0.1) is 17.8 Å². The van der Waals surface area contributed by atoms with Crippen molar-refractivity contribution in [3.8, 4) is 11.5 Å². The quantitative estimate of drug-likeness (QED) is 0.834. The third kappa shape index (κ3) is 3.80. The van der Waals surface area contributed by atoms with Crippen LogP contribution in [0.15, 0.2) is 23.6 Å². The Kier molecular flexibility index (Phi) is 5.41. The molecule has 138 valence electrons. The molecule has 1 aromatic heterocycles. The molecule has 0 unspecified atom stereocenters. The van der Waals surface area contributed by atoms with Crippen LogP contribution in [0.25, 0.3) is 0 Å². The lowest BCUT2D eigenvalue weighted by molar-refractivity contribution is -0.141. The Bertz CT molecular complexity index is 820. The van der Waals surface area contributed by atoms with Crippen molar-refractivity contribution >= 4 is 23.2 Å². The van der Waals surface area contributed by atoms with Gasteiger partial charge in [0.25, 0.3) is 5.91 Å². The highest BCUT2D eigenvalue weighted by atomic mass is 32.1. The second kappa shape index (κ2) is 7.74. The van der Waals surface area contributed by atoms with E-state index in [2.05, 4.69) is 4.98 Å². The number of likely N-dealkylation sites (tertiary alicyclic amines) is 1. The first kappa shape index (κ1) is 18.2. The summed E-state index contributed by atoms with van der Waals surface area (Å²) in [4.78, 5) is 29.7. The zero-order valence-corrected chi connectivity index (χ0v) is 15.4. The predicted molar refractivity (Wildman–Crippen MR) is 95.9 cm³/mol. The summed E-state index contributed by atoms with van der Waals surface area (Å²) in [5.74, 6) is -0.351. The number of rotatable bonds is 6. The normalized spacial score (nSPS) is 16.5. The van der Waals surface area contributed by atoms with Gasteiger partial charge in [-0.2, -0.15) is 0 Å². The van der Waals surface area contributed by atoms with Gasteiger partial charge in [0.1, 0.15) is 12.6 Å². The zero-order chi connectivity index (χ0) is 18.7. The smallest absolute Gasteiger partial charge is 0.326 e. The van der Waals surface area contributed by atoms with Gasteiger partial charge in [0.15, 0.2) is 11.5 Å². The number of hydrogen-bond acceptors (Lipinski definition) is 6. The van der Waals surface area contributed by atoms with Crippen LogP contribution in [0, 0.1) is 6.92 Å². The molecular formula is C18H20N2O5S. The topological polar surface area (TPSA) is 89.0 Å². The zero-order valence-electron chi connectivity index (χ0n) is 14.6. The van der Waals surface area contributed by atoms with E-state index in [9.17, 15) is 14.7 Å². The van der Waals surface area contributed by atoms with E-state index in [1.165, 1.54) is 12.0 Å². The molecular weight excluding hydrogens is 356 g/mol. The fourth-order valence-corrected chi connectivity index (χ4v) is 3.58. The van der Waals surface area contributed by atoms with Crippen molar-refractivity contribution in [2.75, 3.05) is 13.7 Å². The number of aryl methyl sites for hydroxylation is 1. The molecule has 2 heterocycles. The van der Waals surface area contributed by atoms with Gasteiger partial charge in [-0.1, -0.05) is 0 Å². The Hall–Kier alpha value is -2.61. The van der Waals surface area contributed by atoms with Gasteiger partial charge in [0.2, 0.25) is 0 Å². The van der Waals surface area contributed by atoms with Crippen molar-refractivity contribution in [1.82, 2.24) is 9.88 Å². The summed E-state index contributed by atoms with van der Waals surface area (Å²) < 4.78 is 11.1. The average Bonchev–Trinajstić information content (AvgIpc) is 3.28. The van der Waals surface area contributed by atoms with E-state index < -0.39 is 12.0 Å². The maximum absolute atomic E-state index is 12.7. The largest absolute Gasteiger partial charge is 0.493 e. The number of carboxylic acid groups (broad SMARTS) is 1. The van der Waals surface area contributed by atoms with E-state index in [-0.39, 0.29) is 5.91 Å². The summed E-state index contributed by atoms with van der Waals surface area (Å²) in [6.07, 6.45) is 1.17. The Labute approximate surface area is 155 Å². The van der Waals surface area contributed by atoms with Crippen molar-refractivity contribution in [2.24, 2.45) is 0 Å². The predicted octanol–water partition coefficient (Wildman–Crippen LogP) is 2.73. The fourth-order valence-electron chi connectivity index (χ4n) is 2.98. The summed E-state index contributed by atoms with van der Waals surface area (Å²) in [7, 11) is 1.50. The molecule has 1 saturated heterocycles. The van der Waals surface area contributed by atoms with Gasteiger partial charge < -0.3 is 19.5 Å². The van der Waals surface area contributed by atoms with E-state index in [1.807, 2.05) is 12.3 Å². The highest BCUT2D eigenvalue weighted by Gasteiger charge is 2.34. The number of aliphatic carboxylic acids is 1. The van der Waals surface area contributed by atoms with Gasteiger partial charge in [-0.3, -0.25) is 4.79 Å². The summed E-state index contributed by atoms with van der Waals surface area (Å²) in [6, 6.07) is 4.11. The molecule has 0 radical (unpaired) electrons. The molecule has 3 rings (SSSR count). The fraction of sp³-hybridized carbons (Fsp3) is 0.389. The van der Waals surface area contributed by atoms with Crippen molar-refractivity contribution in [1.29, 1.82) is 0 Å². The molecule has 0 bridgehead atoms. The van der Waals surface area contributed by atoms with Crippen LogP contribution in [0.1, 0.15) is 33.9 Å². The molecule has 0 saturated carbocycles. The standard InChI is InChI=1S/C18H20N2O5S/c1-11-19-13(10-26-11)9-25-15-6-5-12(8-16(15)24-2)17(21)20-7-3-4-14(20)18(22)23/h5-6,8,10,14H,3-4,7,9H2,1-2H3,(H,22,23)/t14-/m1/s1. The van der Waals surface area contributed by atoms with Crippen LogP contribution >= 0.6 is 11.3 Å². The lowest BCUT2D eigenvalue weighted by atomic mass is 10.1. The van der Waals surface area contributed by atoms with Gasteiger partial charge in [-0.25, -0.2) is 9.78 Å². The molecule has 1 aliphatic heterocycles. The summed E-state index contributed by atoms with van der Waals surface area (Å²) >= 11 is 1.55. The Balaban J connectivity index is 1.75. The number of benzene rings is 1. The maximum atomic E-state index is 12.7. The van der Waals surface area contributed by atoms with Gasteiger partial charge >= 0.3 is 5.97 Å². The minimum atomic E-state index is -0.971. The summed E-state index contributed by atoms with van der Waals surface area (Å²) in [5, 5.41) is 12.2. The van der Waals surface area contributed by atoms with Crippen LogP contribution in [0.2, 0.25) is 0 Å². The molecule has 1 atom stereocenters. The lowest BCUT2D eigenvalue weighted by Gasteiger charge is -2.22. The number of carbonyl (C=O) groups excluding carboxylic acids is 1. The van der Waals surface area contributed by atoms with Gasteiger partial charge in [0, 0.05) is 17.5 Å². The van der Waals surface area contributed by atoms with Crippen LogP contribution in [0.4, 0.5) is 0 Å². The lowest BCUT2D eigenvalue weighted by Crippen LogP contribution is -2.40. The van der Waals surface area contributed by atoms with Crippen LogP contribution in [-0.4, -0.2) is 46.6 Å². The minimum Gasteiger partial charge on any atom is -0.493 e. The number of methoxy groups -OCH3 is 1. The Morgan fingerprint density at radius 2 is 2.19 bits per heavy atom. The molecule has 2 aromatic rings. The third-order valence-corrected chi connectivity index (χ3v) is 5.07. The number of amides is 1. The first-order chi connectivity index (χ1) is 12.5. The first-order valence-corrected chi connectivity index (χ1v) is 9.13. The van der Waals surface area contributed by atoms with Crippen molar-refractivity contribution in [3.05, 3.63) is 39.8 Å². The first-order valence-electron chi connectivity index (χ1n) is 8.25. The SMILES string of the molecule is COc1cc(C(=O)N2CCC[C@@H]2C(=O)O)ccc1OCc1csc(C)n1. The summed E-state index contributed by atoms with van der Waals surface area (Å²) in [6.45, 7) is 2.68. The van der Waals surface area contributed by atoms with E-state index in [0.717, 1.165) is 10.7 Å². The molecule has 1 aromatic carbocycles. The second-order valence-corrected chi connectivity index (χ2v) is 7.07. The number of thiazole rings is 1. The third-order valence-electron chi connectivity index (χ3n) is 4.25. The van der Waals surface area contributed by atoms with Crippen molar-refractivity contribution < 1.29 is 24.2 Å². The van der Waals surface area contributed by atoms with E-state index in [1.54, 1.807) is 29.5 Å². The highest BCUT2D eigenvalue weighted by Crippen LogP contribution is 2.30. The summed E-state index contributed by atoms with van der Waals surface area (Å²) in [5.41, 5.74) is 1.21. The van der Waals surface area contributed by atoms with E-state index in [0.29, 0.717) is 43.1 Å². The molecule has 1 N–H and O–H groups in total. The molecule has 1 fully saturated rings. The molecule has 0 spiro atoms. The number of aromatic nitrogens is 1. The van der Waals surface area contributed by atoms with Crippen LogP contribution in [-0.2, 0) is 11.4 Å². The van der Waals surface area contributed by atoms with Crippen LogP contribution in [0.3, 0.4) is 0 Å². The van der Waals surface area contributed by atoms with Gasteiger partial charge in [-0.05, 0) is 38.0 Å². The number of carboxylic acids is 1.